The zero-order valence-corrected chi connectivity index (χ0v) is 7.73. The van der Waals surface area contributed by atoms with Crippen molar-refractivity contribution in [1.29, 1.82) is 0 Å². The fourth-order valence-electron chi connectivity index (χ4n) is 2.05. The lowest BCUT2D eigenvalue weighted by atomic mass is 10.0. The lowest BCUT2D eigenvalue weighted by Gasteiger charge is -2.33. The maximum absolute atomic E-state index is 5.83. The summed E-state index contributed by atoms with van der Waals surface area (Å²) in [5, 5.41) is 6.94. The molecule has 0 radical (unpaired) electrons. The Labute approximate surface area is 73.9 Å². The molecule has 3 heteroatoms. The van der Waals surface area contributed by atoms with Crippen molar-refractivity contribution in [2.45, 2.75) is 38.0 Å². The van der Waals surface area contributed by atoms with Gasteiger partial charge in [0, 0.05) is 18.9 Å². The normalized spacial score (nSPS) is 34.2. The minimum atomic E-state index is 0.0337. The van der Waals surface area contributed by atoms with Crippen LogP contribution < -0.4 is 10.6 Å². The molecule has 2 fully saturated rings. The lowest BCUT2D eigenvalue weighted by Crippen LogP contribution is -2.51. The van der Waals surface area contributed by atoms with Gasteiger partial charge in [-0.15, -0.1) is 0 Å². The third-order valence-electron chi connectivity index (χ3n) is 2.93. The summed E-state index contributed by atoms with van der Waals surface area (Å²) in [7, 11) is 0. The topological polar surface area (TPSA) is 33.3 Å². The molecule has 0 bridgehead atoms. The first-order valence-electron chi connectivity index (χ1n) is 4.97. The van der Waals surface area contributed by atoms with Crippen LogP contribution in [0.2, 0.25) is 0 Å². The molecule has 0 amide bonds. The van der Waals surface area contributed by atoms with Crippen LogP contribution in [0.5, 0.6) is 0 Å². The molecule has 0 saturated carbocycles. The van der Waals surface area contributed by atoms with E-state index in [1.165, 1.54) is 6.42 Å². The van der Waals surface area contributed by atoms with Crippen LogP contribution in [0.25, 0.3) is 0 Å². The van der Waals surface area contributed by atoms with Crippen LogP contribution in [0.4, 0.5) is 0 Å². The predicted octanol–water partition coefficient (Wildman–Crippen LogP) is 0.464. The van der Waals surface area contributed by atoms with Crippen molar-refractivity contribution in [2.24, 2.45) is 0 Å². The highest BCUT2D eigenvalue weighted by molar-refractivity contribution is 4.91. The van der Waals surface area contributed by atoms with Gasteiger partial charge in [-0.2, -0.15) is 0 Å². The van der Waals surface area contributed by atoms with Gasteiger partial charge in [0.1, 0.15) is 5.72 Å². The number of hydrogen-bond donors (Lipinski definition) is 2. The Balaban J connectivity index is 1.94. The molecule has 0 aromatic carbocycles. The van der Waals surface area contributed by atoms with E-state index in [9.17, 15) is 0 Å². The smallest absolute Gasteiger partial charge is 0.122 e. The van der Waals surface area contributed by atoms with Crippen LogP contribution in [0.3, 0.4) is 0 Å². The highest BCUT2D eigenvalue weighted by atomic mass is 16.5. The predicted molar refractivity (Wildman–Crippen MR) is 48.0 cm³/mol. The van der Waals surface area contributed by atoms with E-state index in [0.29, 0.717) is 6.04 Å². The summed E-state index contributed by atoms with van der Waals surface area (Å²) < 4.78 is 5.83. The largest absolute Gasteiger partial charge is 0.359 e. The van der Waals surface area contributed by atoms with Crippen molar-refractivity contribution < 1.29 is 4.74 Å². The van der Waals surface area contributed by atoms with Crippen molar-refractivity contribution in [3.05, 3.63) is 0 Å². The second-order valence-corrected chi connectivity index (χ2v) is 3.80. The first-order valence-corrected chi connectivity index (χ1v) is 4.97. The number of hydrogen-bond acceptors (Lipinski definition) is 3. The van der Waals surface area contributed by atoms with E-state index in [-0.39, 0.29) is 5.72 Å². The molecule has 0 aromatic rings. The van der Waals surface area contributed by atoms with Crippen LogP contribution in [0.15, 0.2) is 0 Å². The Morgan fingerprint density at radius 1 is 1.42 bits per heavy atom. The molecule has 2 heterocycles. The van der Waals surface area contributed by atoms with Crippen LogP contribution in [0, 0.1) is 0 Å². The highest BCUT2D eigenvalue weighted by Crippen LogP contribution is 2.26. The number of ether oxygens (including phenoxy) is 1. The molecule has 2 aliphatic rings. The summed E-state index contributed by atoms with van der Waals surface area (Å²) in [6.45, 7) is 5.28. The molecule has 1 spiro atoms. The van der Waals surface area contributed by atoms with E-state index in [1.54, 1.807) is 0 Å². The number of piperidine rings is 1. The maximum Gasteiger partial charge on any atom is 0.122 e. The molecular formula is C9H18N2O. The maximum atomic E-state index is 5.83. The van der Waals surface area contributed by atoms with Gasteiger partial charge < -0.3 is 10.1 Å². The average Bonchev–Trinajstić information content (AvgIpc) is 2.50. The molecule has 70 valence electrons. The number of nitrogens with one attached hydrogen (secondary N) is 2. The van der Waals surface area contributed by atoms with E-state index >= 15 is 0 Å². The molecule has 3 nitrogen and oxygen atoms in total. The Hall–Kier alpha value is -0.120. The SMILES string of the molecule is CCC1COC2(CCNCC2)N1. The van der Waals surface area contributed by atoms with Gasteiger partial charge in [0.25, 0.3) is 0 Å². The van der Waals surface area contributed by atoms with E-state index in [4.69, 9.17) is 4.74 Å². The van der Waals surface area contributed by atoms with Crippen molar-refractivity contribution in [1.82, 2.24) is 10.6 Å². The second-order valence-electron chi connectivity index (χ2n) is 3.80. The minimum absolute atomic E-state index is 0.0337. The van der Waals surface area contributed by atoms with Gasteiger partial charge in [-0.25, -0.2) is 0 Å². The van der Waals surface area contributed by atoms with Crippen molar-refractivity contribution >= 4 is 0 Å². The summed E-state index contributed by atoms with van der Waals surface area (Å²) in [6.07, 6.45) is 3.40. The highest BCUT2D eigenvalue weighted by Gasteiger charge is 2.39. The van der Waals surface area contributed by atoms with Crippen LogP contribution in [-0.4, -0.2) is 31.5 Å². The van der Waals surface area contributed by atoms with Crippen molar-refractivity contribution in [3.63, 3.8) is 0 Å². The molecule has 2 saturated heterocycles. The van der Waals surface area contributed by atoms with E-state index in [0.717, 1.165) is 32.5 Å². The van der Waals surface area contributed by atoms with Gasteiger partial charge in [-0.05, 0) is 19.5 Å². The summed E-state index contributed by atoms with van der Waals surface area (Å²) in [5.74, 6) is 0. The van der Waals surface area contributed by atoms with Gasteiger partial charge in [-0.1, -0.05) is 6.92 Å². The monoisotopic (exact) mass is 170 g/mol. The zero-order valence-electron chi connectivity index (χ0n) is 7.73. The second kappa shape index (κ2) is 3.32. The molecule has 12 heavy (non-hydrogen) atoms. The lowest BCUT2D eigenvalue weighted by molar-refractivity contribution is -0.0331. The molecule has 2 rings (SSSR count). The minimum Gasteiger partial charge on any atom is -0.359 e. The van der Waals surface area contributed by atoms with Crippen LogP contribution in [0.1, 0.15) is 26.2 Å². The first kappa shape index (κ1) is 8.48. The summed E-state index contributed by atoms with van der Waals surface area (Å²) in [5.41, 5.74) is 0.0337. The van der Waals surface area contributed by atoms with E-state index in [1.807, 2.05) is 0 Å². The number of rotatable bonds is 1. The molecule has 0 aromatic heterocycles. The quantitative estimate of drug-likeness (QED) is 0.600. The van der Waals surface area contributed by atoms with Crippen molar-refractivity contribution in [3.8, 4) is 0 Å². The Morgan fingerprint density at radius 3 is 2.75 bits per heavy atom. The molecular weight excluding hydrogens is 152 g/mol. The molecule has 1 atom stereocenters. The van der Waals surface area contributed by atoms with Gasteiger partial charge in [-0.3, -0.25) is 5.32 Å². The summed E-state index contributed by atoms with van der Waals surface area (Å²) in [4.78, 5) is 0. The Morgan fingerprint density at radius 2 is 2.17 bits per heavy atom. The molecule has 2 N–H and O–H groups in total. The van der Waals surface area contributed by atoms with Gasteiger partial charge in [0.2, 0.25) is 0 Å². The Bertz CT molecular complexity index is 155. The average molecular weight is 170 g/mol. The third kappa shape index (κ3) is 1.49. The van der Waals surface area contributed by atoms with Gasteiger partial charge in [0.15, 0.2) is 0 Å². The molecule has 1 unspecified atom stereocenters. The first-order chi connectivity index (χ1) is 5.85. The molecule has 0 aliphatic carbocycles. The summed E-state index contributed by atoms with van der Waals surface area (Å²) in [6, 6.07) is 0.586. The van der Waals surface area contributed by atoms with Crippen LogP contribution in [-0.2, 0) is 4.74 Å². The fourth-order valence-corrected chi connectivity index (χ4v) is 2.05. The fraction of sp³-hybridized carbons (Fsp3) is 1.00. The van der Waals surface area contributed by atoms with Crippen LogP contribution >= 0.6 is 0 Å². The molecule has 2 aliphatic heterocycles. The summed E-state index contributed by atoms with van der Waals surface area (Å²) >= 11 is 0. The third-order valence-corrected chi connectivity index (χ3v) is 2.93. The standard InChI is InChI=1S/C9H18N2O/c1-2-8-7-12-9(11-8)3-5-10-6-4-9/h8,10-11H,2-7H2,1H3. The van der Waals surface area contributed by atoms with Gasteiger partial charge in [0.05, 0.1) is 6.61 Å². The van der Waals surface area contributed by atoms with E-state index in [2.05, 4.69) is 17.6 Å². The zero-order chi connectivity index (χ0) is 8.44. The van der Waals surface area contributed by atoms with E-state index < -0.39 is 0 Å². The Kier molecular flexibility index (Phi) is 2.35. The van der Waals surface area contributed by atoms with Gasteiger partial charge >= 0.3 is 0 Å². The van der Waals surface area contributed by atoms with Crippen molar-refractivity contribution in [2.75, 3.05) is 19.7 Å².